The molecular weight excluding hydrogens is 315 g/mol. The summed E-state index contributed by atoms with van der Waals surface area (Å²) in [5, 5.41) is 39.7. The molecule has 5 saturated carbocycles. The molecule has 5 aliphatic rings. The number of rotatable bonds is 0. The Morgan fingerprint density at radius 2 is 0.810 bits per heavy atom. The molecule has 0 heterocycles. The van der Waals surface area contributed by atoms with Gasteiger partial charge in [-0.15, -0.1) is 23.2 Å². The third-order valence-electron chi connectivity index (χ3n) is 7.62. The summed E-state index contributed by atoms with van der Waals surface area (Å²) in [6.45, 7) is 0. The molecule has 118 valence electrons. The first-order valence-electron chi connectivity index (χ1n) is 7.91. The second-order valence-electron chi connectivity index (χ2n) is 7.95. The minimum absolute atomic E-state index is 0.194. The van der Waals surface area contributed by atoms with E-state index >= 15 is 0 Å². The Labute approximate surface area is 133 Å². The Bertz CT molecular complexity index is 448. The Kier molecular flexibility index (Phi) is 2.35. The van der Waals surface area contributed by atoms with E-state index in [-0.39, 0.29) is 34.5 Å². The zero-order chi connectivity index (χ0) is 14.9. The van der Waals surface area contributed by atoms with E-state index in [0.29, 0.717) is 25.7 Å². The lowest BCUT2D eigenvalue weighted by Gasteiger charge is -2.21. The van der Waals surface area contributed by atoms with Gasteiger partial charge in [-0.05, 0) is 49.4 Å². The summed E-state index contributed by atoms with van der Waals surface area (Å²) in [5.41, 5.74) is -0.388. The molecule has 10 atom stereocenters. The van der Waals surface area contributed by atoms with Gasteiger partial charge in [-0.25, -0.2) is 0 Å². The van der Waals surface area contributed by atoms with Crippen LogP contribution in [-0.4, -0.2) is 49.2 Å². The third kappa shape index (κ3) is 1.16. The summed E-state index contributed by atoms with van der Waals surface area (Å²) in [7, 11) is 0. The lowest BCUT2D eigenvalue weighted by molar-refractivity contribution is -0.0119. The van der Waals surface area contributed by atoms with Crippen LogP contribution in [0.25, 0.3) is 0 Å². The van der Waals surface area contributed by atoms with Crippen LogP contribution >= 0.6 is 23.2 Å². The highest BCUT2D eigenvalue weighted by atomic mass is 35.5. The maximum atomic E-state index is 9.92. The summed E-state index contributed by atoms with van der Waals surface area (Å²) >= 11 is 13.5. The Morgan fingerprint density at radius 1 is 0.571 bits per heavy atom. The normalized spacial score (nSPS) is 69.4. The average Bonchev–Trinajstić information content (AvgIpc) is 3.28. The Hall–Kier alpha value is 0.420. The average molecular weight is 335 g/mol. The van der Waals surface area contributed by atoms with Crippen molar-refractivity contribution in [3.8, 4) is 0 Å². The predicted octanol–water partition coefficient (Wildman–Crippen LogP) is 0.670. The van der Waals surface area contributed by atoms with Gasteiger partial charge in [0, 0.05) is 10.8 Å². The van der Waals surface area contributed by atoms with E-state index in [1.54, 1.807) is 0 Å². The van der Waals surface area contributed by atoms with Crippen molar-refractivity contribution in [3.63, 3.8) is 0 Å². The number of halogens is 2. The molecule has 6 heteroatoms. The van der Waals surface area contributed by atoms with E-state index in [9.17, 15) is 20.4 Å². The molecule has 5 rings (SSSR count). The highest BCUT2D eigenvalue weighted by Gasteiger charge is 3.08. The molecule has 0 saturated heterocycles. The zero-order valence-electron chi connectivity index (χ0n) is 11.5. The van der Waals surface area contributed by atoms with E-state index in [1.165, 1.54) is 0 Å². The summed E-state index contributed by atoms with van der Waals surface area (Å²) in [6.07, 6.45) is -0.431. The molecule has 0 radical (unpaired) electrons. The SMILES string of the molecule is O[C@@H]1CC2C(C[C@@H]1O)C21C(Cl)(Cl)C12C1C[C@@H](O)[C@@H](O)CC12. The number of hydrogen-bond donors (Lipinski definition) is 4. The predicted molar refractivity (Wildman–Crippen MR) is 75.8 cm³/mol. The van der Waals surface area contributed by atoms with Crippen molar-refractivity contribution >= 4 is 23.2 Å². The van der Waals surface area contributed by atoms with Crippen molar-refractivity contribution in [2.45, 2.75) is 54.4 Å². The first-order valence-corrected chi connectivity index (χ1v) is 8.67. The molecule has 4 N–H and O–H groups in total. The van der Waals surface area contributed by atoms with Crippen LogP contribution in [0.3, 0.4) is 0 Å². The number of aliphatic hydroxyl groups excluding tert-OH is 4. The van der Waals surface area contributed by atoms with E-state index in [4.69, 9.17) is 23.2 Å². The van der Waals surface area contributed by atoms with Gasteiger partial charge in [0.25, 0.3) is 0 Å². The molecule has 0 aromatic carbocycles. The molecule has 0 aliphatic heterocycles. The van der Waals surface area contributed by atoms with Gasteiger partial charge in [0.15, 0.2) is 0 Å². The second-order valence-corrected chi connectivity index (χ2v) is 9.28. The molecule has 0 amide bonds. The molecule has 4 nitrogen and oxygen atoms in total. The Morgan fingerprint density at radius 3 is 1.05 bits per heavy atom. The van der Waals surface area contributed by atoms with E-state index in [1.807, 2.05) is 0 Å². The van der Waals surface area contributed by atoms with Crippen molar-refractivity contribution in [1.29, 1.82) is 0 Å². The van der Waals surface area contributed by atoms with E-state index in [0.717, 1.165) is 0 Å². The number of aliphatic hydroxyl groups is 4. The number of fused-ring (bicyclic) bond motifs is 7. The molecule has 0 bridgehead atoms. The third-order valence-corrected chi connectivity index (χ3v) is 8.87. The molecule has 2 spiro atoms. The number of hydrogen-bond acceptors (Lipinski definition) is 4. The van der Waals surface area contributed by atoms with E-state index in [2.05, 4.69) is 0 Å². The smallest absolute Gasteiger partial charge is 0.131 e. The fraction of sp³-hybridized carbons (Fsp3) is 1.00. The van der Waals surface area contributed by atoms with Gasteiger partial charge in [0.2, 0.25) is 0 Å². The molecular formula is C15H20Cl2O4. The summed E-state index contributed by atoms with van der Waals surface area (Å²) in [6, 6.07) is 0. The minimum Gasteiger partial charge on any atom is -0.390 e. The van der Waals surface area contributed by atoms with Gasteiger partial charge in [0.05, 0.1) is 24.4 Å². The standard InChI is InChI=1S/C15H20Cl2O4/c16-15(17)13(5-1-9(18)10(19)2-6(5)13)14(15)7-3-11(20)12(21)4-8(7)14/h5-12,18-21H,1-4H2/t5?,6?,7?,8?,9-,10+,11-,12+,13?,14?. The van der Waals surface area contributed by atoms with Crippen molar-refractivity contribution in [3.05, 3.63) is 0 Å². The molecule has 0 aromatic heterocycles. The van der Waals surface area contributed by atoms with Gasteiger partial charge >= 0.3 is 0 Å². The van der Waals surface area contributed by atoms with Crippen LogP contribution in [0.1, 0.15) is 25.7 Å². The first-order chi connectivity index (χ1) is 9.81. The molecule has 5 aliphatic carbocycles. The monoisotopic (exact) mass is 334 g/mol. The summed E-state index contributed by atoms with van der Waals surface area (Å²) < 4.78 is -0.821. The Balaban J connectivity index is 1.49. The van der Waals surface area contributed by atoms with Gasteiger partial charge in [-0.3, -0.25) is 0 Å². The number of alkyl halides is 2. The first kappa shape index (κ1) is 13.8. The molecule has 0 aromatic rings. The van der Waals surface area contributed by atoms with Crippen molar-refractivity contribution in [1.82, 2.24) is 0 Å². The summed E-state index contributed by atoms with van der Waals surface area (Å²) in [4.78, 5) is 0. The lowest BCUT2D eigenvalue weighted by Crippen LogP contribution is -2.30. The second kappa shape index (κ2) is 3.57. The van der Waals surface area contributed by atoms with Crippen LogP contribution in [0.5, 0.6) is 0 Å². The topological polar surface area (TPSA) is 80.9 Å². The lowest BCUT2D eigenvalue weighted by atomic mass is 9.95. The fourth-order valence-electron chi connectivity index (χ4n) is 6.88. The maximum Gasteiger partial charge on any atom is 0.131 e. The van der Waals surface area contributed by atoms with Crippen LogP contribution < -0.4 is 0 Å². The largest absolute Gasteiger partial charge is 0.390 e. The fourth-order valence-corrected chi connectivity index (χ4v) is 8.53. The molecule has 6 unspecified atom stereocenters. The zero-order valence-corrected chi connectivity index (χ0v) is 13.0. The van der Waals surface area contributed by atoms with Crippen LogP contribution in [0.2, 0.25) is 0 Å². The minimum atomic E-state index is -0.821. The molecule has 21 heavy (non-hydrogen) atoms. The van der Waals surface area contributed by atoms with Gasteiger partial charge in [-0.1, -0.05) is 0 Å². The van der Waals surface area contributed by atoms with Crippen molar-refractivity contribution in [2.75, 3.05) is 0 Å². The van der Waals surface area contributed by atoms with Gasteiger partial charge in [-0.2, -0.15) is 0 Å². The van der Waals surface area contributed by atoms with Crippen molar-refractivity contribution < 1.29 is 20.4 Å². The van der Waals surface area contributed by atoms with Gasteiger partial charge < -0.3 is 20.4 Å². The van der Waals surface area contributed by atoms with Crippen LogP contribution in [0, 0.1) is 34.5 Å². The summed E-state index contributed by atoms with van der Waals surface area (Å²) in [5.74, 6) is 1.13. The highest BCUT2D eigenvalue weighted by Crippen LogP contribution is 3.06. The molecule has 5 fully saturated rings. The van der Waals surface area contributed by atoms with E-state index < -0.39 is 28.7 Å². The quantitative estimate of drug-likeness (QED) is 0.491. The highest BCUT2D eigenvalue weighted by molar-refractivity contribution is 6.53. The van der Waals surface area contributed by atoms with Crippen molar-refractivity contribution in [2.24, 2.45) is 34.5 Å². The van der Waals surface area contributed by atoms with Crippen LogP contribution in [-0.2, 0) is 0 Å². The maximum absolute atomic E-state index is 9.92. The van der Waals surface area contributed by atoms with Crippen LogP contribution in [0.4, 0.5) is 0 Å². The van der Waals surface area contributed by atoms with Crippen LogP contribution in [0.15, 0.2) is 0 Å². The van der Waals surface area contributed by atoms with Gasteiger partial charge in [0.1, 0.15) is 4.33 Å².